The van der Waals surface area contributed by atoms with E-state index in [2.05, 4.69) is 62.4 Å². The van der Waals surface area contributed by atoms with E-state index in [0.717, 1.165) is 41.7 Å². The fraction of sp³-hybridized carbons (Fsp3) is 0.389. The van der Waals surface area contributed by atoms with Gasteiger partial charge in [0, 0.05) is 31.6 Å². The number of rotatable bonds is 11. The van der Waals surface area contributed by atoms with Crippen LogP contribution in [-0.4, -0.2) is 92.4 Å². The first-order valence-corrected chi connectivity index (χ1v) is 16.3. The van der Waals surface area contributed by atoms with Crippen LogP contribution < -0.4 is 5.32 Å². The summed E-state index contributed by atoms with van der Waals surface area (Å²) in [5.41, 5.74) is 4.22. The van der Waals surface area contributed by atoms with E-state index in [1.165, 1.54) is 5.56 Å². The molecular weight excluding hydrogens is 580 g/mol. The summed E-state index contributed by atoms with van der Waals surface area (Å²) in [6.45, 7) is 5.21. The van der Waals surface area contributed by atoms with E-state index < -0.39 is 0 Å². The number of nitrogens with one attached hydrogen (secondary N) is 1. The minimum absolute atomic E-state index is 0.101. The highest BCUT2D eigenvalue weighted by atomic mass is 16.6. The van der Waals surface area contributed by atoms with Gasteiger partial charge in [-0.3, -0.25) is 20.0 Å². The molecule has 10 nitrogen and oxygen atoms in total. The highest BCUT2D eigenvalue weighted by molar-refractivity contribution is 5.81. The summed E-state index contributed by atoms with van der Waals surface area (Å²) in [5.74, 6) is 0.333. The normalized spacial score (nSPS) is 27.5. The van der Waals surface area contributed by atoms with Crippen molar-refractivity contribution in [1.82, 2.24) is 30.1 Å². The minimum Gasteiger partial charge on any atom is -0.508 e. The number of pyridine rings is 1. The van der Waals surface area contributed by atoms with E-state index >= 15 is 0 Å². The van der Waals surface area contributed by atoms with Crippen LogP contribution in [0.1, 0.15) is 30.2 Å². The van der Waals surface area contributed by atoms with E-state index in [9.17, 15) is 9.90 Å². The molecule has 0 saturated carbocycles. The van der Waals surface area contributed by atoms with E-state index in [1.807, 2.05) is 48.5 Å². The fourth-order valence-electron chi connectivity index (χ4n) is 7.22. The number of phenolic OH excluding ortho intramolecular Hbond substituents is 1. The number of carbonyl (C=O) groups is 1. The van der Waals surface area contributed by atoms with Crippen LogP contribution in [0.4, 0.5) is 0 Å². The summed E-state index contributed by atoms with van der Waals surface area (Å²) in [6, 6.07) is 29.9. The Morgan fingerprint density at radius 2 is 1.76 bits per heavy atom. The number of hydrogen-bond donors (Lipinski definition) is 2. The van der Waals surface area contributed by atoms with Gasteiger partial charge in [0.2, 0.25) is 5.91 Å². The number of epoxide rings is 2. The number of amides is 1. The standard InChI is InChI=1S/C36H40N6O4/c1-2-18-40(36-34(46-36)37-20-25-8-4-3-5-9-25)41-23-32(44)42-30(19-24-12-16-28(43)17-13-24)33-35(45-33)39(22-31(41)42)21-27-15-14-26-10-6-7-11-29(26)38-27/h3-17,30-31,33-37,43H,2,18-23H2,1H3/t30-,31+,33?,34?,35?,36?/m0/s1. The molecule has 0 spiro atoms. The van der Waals surface area contributed by atoms with Crippen molar-refractivity contribution in [3.8, 4) is 5.75 Å². The summed E-state index contributed by atoms with van der Waals surface area (Å²) in [5, 5.41) is 19.1. The molecule has 0 aliphatic carbocycles. The molecule has 8 rings (SSSR count). The van der Waals surface area contributed by atoms with E-state index in [0.29, 0.717) is 26.1 Å². The molecule has 4 aromatic rings. The summed E-state index contributed by atoms with van der Waals surface area (Å²) in [6.07, 6.45) is 0.929. The third-order valence-electron chi connectivity index (χ3n) is 9.54. The zero-order valence-corrected chi connectivity index (χ0v) is 26.0. The highest BCUT2D eigenvalue weighted by Gasteiger charge is 2.60. The molecule has 1 aromatic heterocycles. The molecular formula is C36H40N6O4. The lowest BCUT2D eigenvalue weighted by molar-refractivity contribution is -0.132. The van der Waals surface area contributed by atoms with Crippen LogP contribution in [0.2, 0.25) is 0 Å². The number of benzene rings is 3. The van der Waals surface area contributed by atoms with Crippen LogP contribution in [0.3, 0.4) is 0 Å². The molecule has 0 bridgehead atoms. The number of ether oxygens (including phenoxy) is 2. The molecule has 1 amide bonds. The lowest BCUT2D eigenvalue weighted by Gasteiger charge is -2.39. The number of aromatic nitrogens is 1. The second-order valence-electron chi connectivity index (χ2n) is 12.7. The SMILES string of the molecule is CCCN(C1OC1NCc1ccccc1)N1CC(=O)N2[C@@H](Cc3ccc(O)cc3)C3OC3N(Cc3ccc4ccccc4n3)C[C@@H]21. The van der Waals surface area contributed by atoms with Crippen molar-refractivity contribution in [3.05, 3.63) is 108 Å². The smallest absolute Gasteiger partial charge is 0.240 e. The molecule has 5 heterocycles. The monoisotopic (exact) mass is 620 g/mol. The van der Waals surface area contributed by atoms with Gasteiger partial charge in [0.25, 0.3) is 0 Å². The first-order chi connectivity index (χ1) is 22.6. The number of hydrazine groups is 1. The average Bonchev–Trinajstić information content (AvgIpc) is 4.00. The van der Waals surface area contributed by atoms with Crippen molar-refractivity contribution in [2.75, 3.05) is 19.6 Å². The molecule has 238 valence electrons. The summed E-state index contributed by atoms with van der Waals surface area (Å²) in [4.78, 5) is 23.4. The zero-order chi connectivity index (χ0) is 31.2. The third-order valence-corrected chi connectivity index (χ3v) is 9.54. The molecule has 4 fully saturated rings. The number of para-hydroxylation sites is 1. The minimum atomic E-state index is -0.183. The van der Waals surface area contributed by atoms with Crippen LogP contribution in [0.15, 0.2) is 91.0 Å². The summed E-state index contributed by atoms with van der Waals surface area (Å²) in [7, 11) is 0. The Balaban J connectivity index is 1.07. The number of hydrogen-bond acceptors (Lipinski definition) is 9. The number of carbonyl (C=O) groups excluding carboxylic acids is 1. The molecule has 3 aromatic carbocycles. The average molecular weight is 621 g/mol. The Morgan fingerprint density at radius 1 is 0.957 bits per heavy atom. The van der Waals surface area contributed by atoms with Crippen molar-refractivity contribution < 1.29 is 19.4 Å². The number of nitrogens with zero attached hydrogens (tertiary/aromatic N) is 5. The largest absolute Gasteiger partial charge is 0.508 e. The molecule has 4 unspecified atom stereocenters. The predicted molar refractivity (Wildman–Crippen MR) is 173 cm³/mol. The zero-order valence-electron chi connectivity index (χ0n) is 26.0. The lowest BCUT2D eigenvalue weighted by atomic mass is 10.0. The Hall–Kier alpha value is -3.90. The molecule has 6 atom stereocenters. The molecule has 4 aliphatic rings. The number of aromatic hydroxyl groups is 1. The van der Waals surface area contributed by atoms with Crippen molar-refractivity contribution in [2.24, 2.45) is 0 Å². The summed E-state index contributed by atoms with van der Waals surface area (Å²) >= 11 is 0. The van der Waals surface area contributed by atoms with Gasteiger partial charge < -0.3 is 19.5 Å². The Morgan fingerprint density at radius 3 is 2.59 bits per heavy atom. The highest BCUT2D eigenvalue weighted by Crippen LogP contribution is 2.42. The van der Waals surface area contributed by atoms with Gasteiger partial charge in [-0.1, -0.05) is 73.7 Å². The Bertz CT molecular complexity index is 1690. The maximum atomic E-state index is 14.0. The van der Waals surface area contributed by atoms with Gasteiger partial charge in [-0.25, -0.2) is 10.0 Å². The Labute approximate surface area is 269 Å². The first-order valence-electron chi connectivity index (χ1n) is 16.3. The van der Waals surface area contributed by atoms with Crippen molar-refractivity contribution in [1.29, 1.82) is 0 Å². The maximum Gasteiger partial charge on any atom is 0.240 e. The van der Waals surface area contributed by atoms with Crippen LogP contribution in [0.5, 0.6) is 5.75 Å². The van der Waals surface area contributed by atoms with E-state index in [1.54, 1.807) is 12.1 Å². The third kappa shape index (κ3) is 5.88. The van der Waals surface area contributed by atoms with Gasteiger partial charge in [-0.2, -0.15) is 0 Å². The molecule has 2 N–H and O–H groups in total. The maximum absolute atomic E-state index is 14.0. The second kappa shape index (κ2) is 12.4. The van der Waals surface area contributed by atoms with Gasteiger partial charge in [-0.05, 0) is 48.2 Å². The second-order valence-corrected chi connectivity index (χ2v) is 12.7. The quantitative estimate of drug-likeness (QED) is 0.244. The molecule has 0 radical (unpaired) electrons. The molecule has 4 saturated heterocycles. The van der Waals surface area contributed by atoms with E-state index in [4.69, 9.17) is 14.5 Å². The van der Waals surface area contributed by atoms with Crippen LogP contribution in [0.25, 0.3) is 10.9 Å². The molecule has 4 aliphatic heterocycles. The van der Waals surface area contributed by atoms with Crippen LogP contribution in [0, 0.1) is 0 Å². The fourth-order valence-corrected chi connectivity index (χ4v) is 7.22. The van der Waals surface area contributed by atoms with Gasteiger partial charge in [0.15, 0.2) is 12.5 Å². The van der Waals surface area contributed by atoms with Gasteiger partial charge in [-0.15, -0.1) is 0 Å². The lowest BCUT2D eigenvalue weighted by Crippen LogP contribution is -2.56. The van der Waals surface area contributed by atoms with Gasteiger partial charge >= 0.3 is 0 Å². The van der Waals surface area contributed by atoms with Crippen molar-refractivity contribution >= 4 is 16.8 Å². The topological polar surface area (TPSA) is 100 Å². The predicted octanol–water partition coefficient (Wildman–Crippen LogP) is 3.66. The number of fused-ring (bicyclic) bond motifs is 3. The first kappa shape index (κ1) is 29.5. The van der Waals surface area contributed by atoms with Gasteiger partial charge in [0.05, 0.1) is 23.8 Å². The Kier molecular flexibility index (Phi) is 7.93. The van der Waals surface area contributed by atoms with Crippen LogP contribution in [-0.2, 0) is 33.8 Å². The van der Waals surface area contributed by atoms with E-state index in [-0.39, 0.29) is 48.7 Å². The number of phenols is 1. The van der Waals surface area contributed by atoms with Crippen molar-refractivity contribution in [2.45, 2.75) is 69.9 Å². The van der Waals surface area contributed by atoms with Gasteiger partial charge in [0.1, 0.15) is 24.2 Å². The van der Waals surface area contributed by atoms with Crippen molar-refractivity contribution in [3.63, 3.8) is 0 Å². The molecule has 10 heteroatoms. The summed E-state index contributed by atoms with van der Waals surface area (Å²) < 4.78 is 12.6. The van der Waals surface area contributed by atoms with Crippen LogP contribution >= 0.6 is 0 Å². The molecule has 46 heavy (non-hydrogen) atoms.